The molecule has 0 saturated carbocycles. The second kappa shape index (κ2) is 38.4. The third kappa shape index (κ3) is 36.3. The van der Waals surface area contributed by atoms with Crippen LogP contribution in [0.4, 0.5) is 0 Å². The summed E-state index contributed by atoms with van der Waals surface area (Å²) in [4.78, 5) is 0. The van der Waals surface area contributed by atoms with Crippen molar-refractivity contribution in [2.24, 2.45) is 0 Å². The minimum Gasteiger partial charge on any atom is -1.00 e. The van der Waals surface area contributed by atoms with E-state index in [4.69, 9.17) is 0 Å². The summed E-state index contributed by atoms with van der Waals surface area (Å²) in [6.45, 7) is 19.2. The van der Waals surface area contributed by atoms with Gasteiger partial charge in [0.05, 0.1) is 37.0 Å². The molecule has 0 saturated heterocycles. The Balaban J connectivity index is -0.0000000712. The van der Waals surface area contributed by atoms with Gasteiger partial charge < -0.3 is 95.9 Å². The van der Waals surface area contributed by atoms with Crippen LogP contribution in [0.2, 0.25) is 0 Å². The van der Waals surface area contributed by atoms with E-state index >= 15 is 0 Å². The van der Waals surface area contributed by atoms with Gasteiger partial charge in [-0.15, -0.1) is 0 Å². The Hall–Kier alpha value is 4.29. The number of halogens is 4. The van der Waals surface area contributed by atoms with E-state index in [0.717, 1.165) is 0 Å². The molecule has 0 atom stereocenters. The molecule has 7 heteroatoms. The summed E-state index contributed by atoms with van der Waals surface area (Å²) in [7, 11) is -1.04. The molecule has 0 aromatic heterocycles. The van der Waals surface area contributed by atoms with Gasteiger partial charge in [0.25, 0.3) is 0 Å². The second-order valence-electron chi connectivity index (χ2n) is 9.70. The molecule has 0 N–H and O–H groups in total. The maximum atomic E-state index is 2.62. The molecule has 33 heavy (non-hydrogen) atoms. The summed E-state index contributed by atoms with van der Waals surface area (Å²) in [6, 6.07) is 0. The Morgan fingerprint density at radius 3 is 0.545 bits per heavy atom. The van der Waals surface area contributed by atoms with Gasteiger partial charge >= 0.3 is 16.8 Å². The summed E-state index contributed by atoms with van der Waals surface area (Å²) in [5, 5.41) is 0. The summed E-state index contributed by atoms with van der Waals surface area (Å²) in [5.74, 6) is 0. The molecule has 0 spiro atoms. The van der Waals surface area contributed by atoms with Crippen LogP contribution in [0.3, 0.4) is 0 Å². The molecule has 211 valence electrons. The fourth-order valence-electron chi connectivity index (χ4n) is 3.91. The van der Waals surface area contributed by atoms with Crippen LogP contribution in [0.5, 0.6) is 0 Å². The van der Waals surface area contributed by atoms with Crippen molar-refractivity contribution < 1.29 is 113 Å². The molecule has 0 aliphatic heterocycles. The predicted octanol–water partition coefficient (Wildman–Crippen LogP) is -1.92. The molecule has 0 amide bonds. The first kappa shape index (κ1) is 53.5. The van der Waals surface area contributed by atoms with Gasteiger partial charge in [0.15, 0.2) is 0 Å². The molecule has 0 bridgehead atoms. The monoisotopic (exact) mass is 1000 g/mol. The largest absolute Gasteiger partial charge is 2.00 e. The van der Waals surface area contributed by atoms with Gasteiger partial charge in [-0.2, -0.15) is 0 Å². The van der Waals surface area contributed by atoms with E-state index in [1.807, 2.05) is 0 Å². The standard InChI is InChI=1S/2C13H30P.Co.4HI/c2*1-5-8-11-14(4,12-9-6-2)13-10-7-3;;;;;/h2*5-13H2,1-4H3;;4*1H/q2*+1;+2;;;;/p-4. The average Bonchev–Trinajstić information content (AvgIpc) is 2.71. The van der Waals surface area contributed by atoms with Crippen LogP contribution in [0, 0.1) is 0 Å². The van der Waals surface area contributed by atoms with Crippen LogP contribution in [0.15, 0.2) is 0 Å². The Labute approximate surface area is 292 Å². The van der Waals surface area contributed by atoms with Crippen molar-refractivity contribution in [3.8, 4) is 0 Å². The SMILES string of the molecule is CCCC[P+](C)(CCCC)CCCC.CCCC[P+](C)(CCCC)CCCC.[Co+2].[I-].[I-].[I-].[I-]. The van der Waals surface area contributed by atoms with Crippen LogP contribution in [-0.2, 0) is 16.8 Å². The van der Waals surface area contributed by atoms with E-state index in [9.17, 15) is 0 Å². The summed E-state index contributed by atoms with van der Waals surface area (Å²) < 4.78 is 0. The molecule has 0 aliphatic rings. The van der Waals surface area contributed by atoms with Crippen LogP contribution in [0.25, 0.3) is 0 Å². The van der Waals surface area contributed by atoms with Crippen LogP contribution in [-0.4, -0.2) is 50.3 Å². The first-order chi connectivity index (χ1) is 13.4. The minimum absolute atomic E-state index is 0. The van der Waals surface area contributed by atoms with E-state index in [1.54, 1.807) is 37.0 Å². The second-order valence-corrected chi connectivity index (χ2v) is 18.9. The Morgan fingerprint density at radius 2 is 0.455 bits per heavy atom. The van der Waals surface area contributed by atoms with E-state index in [1.165, 1.54) is 77.0 Å². The van der Waals surface area contributed by atoms with E-state index < -0.39 is 14.5 Å². The zero-order valence-corrected chi connectivity index (χ0v) is 34.9. The normalized spacial score (nSPS) is 10.2. The van der Waals surface area contributed by atoms with Crippen LogP contribution in [0.1, 0.15) is 119 Å². The van der Waals surface area contributed by atoms with Gasteiger partial charge in [-0.25, -0.2) is 0 Å². The van der Waals surface area contributed by atoms with Gasteiger partial charge in [-0.05, 0) is 38.5 Å². The molecule has 0 fully saturated rings. The van der Waals surface area contributed by atoms with Gasteiger partial charge in [0, 0.05) is 27.9 Å². The first-order valence-corrected chi connectivity index (χ1v) is 18.6. The Morgan fingerprint density at radius 1 is 0.333 bits per heavy atom. The van der Waals surface area contributed by atoms with E-state index in [0.29, 0.717) is 0 Å². The van der Waals surface area contributed by atoms with Crippen molar-refractivity contribution in [3.63, 3.8) is 0 Å². The van der Waals surface area contributed by atoms with Crippen molar-refractivity contribution in [1.29, 1.82) is 0 Å². The van der Waals surface area contributed by atoms with Crippen molar-refractivity contribution >= 4 is 14.5 Å². The fourth-order valence-corrected chi connectivity index (χ4v) is 11.7. The number of hydrogen-bond donors (Lipinski definition) is 0. The van der Waals surface area contributed by atoms with Gasteiger partial charge in [0.2, 0.25) is 0 Å². The van der Waals surface area contributed by atoms with Crippen LogP contribution >= 0.6 is 14.5 Å². The molecule has 1 radical (unpaired) electrons. The predicted molar refractivity (Wildman–Crippen MR) is 144 cm³/mol. The van der Waals surface area contributed by atoms with Gasteiger partial charge in [-0.1, -0.05) is 80.1 Å². The van der Waals surface area contributed by atoms with Crippen molar-refractivity contribution in [1.82, 2.24) is 0 Å². The van der Waals surface area contributed by atoms with Crippen molar-refractivity contribution in [3.05, 3.63) is 0 Å². The topological polar surface area (TPSA) is 0 Å². The molecule has 0 heterocycles. The van der Waals surface area contributed by atoms with E-state index in [2.05, 4.69) is 54.9 Å². The molecular weight excluding hydrogens is 941 g/mol. The third-order valence-corrected chi connectivity index (χ3v) is 14.7. The van der Waals surface area contributed by atoms with Crippen molar-refractivity contribution in [2.45, 2.75) is 119 Å². The number of hydrogen-bond acceptors (Lipinski definition) is 0. The summed E-state index contributed by atoms with van der Waals surface area (Å²) in [5.41, 5.74) is 0. The van der Waals surface area contributed by atoms with Gasteiger partial charge in [-0.3, -0.25) is 0 Å². The first-order valence-electron chi connectivity index (χ1n) is 13.0. The maximum Gasteiger partial charge on any atom is 2.00 e. The van der Waals surface area contributed by atoms with E-state index in [-0.39, 0.29) is 113 Å². The molecule has 0 aromatic rings. The molecule has 0 aliphatic carbocycles. The number of rotatable bonds is 18. The zero-order chi connectivity index (χ0) is 21.7. The minimum atomic E-state index is -0.519. The Kier molecular flexibility index (Phi) is 62.3. The molecule has 0 aromatic carbocycles. The molecular formula is C26H60CoI4P2. The van der Waals surface area contributed by atoms with Crippen LogP contribution < -0.4 is 95.9 Å². The molecule has 0 nitrogen and oxygen atoms in total. The quantitative estimate of drug-likeness (QED) is 0.111. The van der Waals surface area contributed by atoms with Crippen molar-refractivity contribution in [2.75, 3.05) is 50.3 Å². The molecule has 0 rings (SSSR count). The average molecular weight is 1000 g/mol. The Bertz CT molecular complexity index is 251. The number of unbranched alkanes of at least 4 members (excludes halogenated alkanes) is 6. The smallest absolute Gasteiger partial charge is 1.00 e. The maximum absolute atomic E-state index is 2.62. The van der Waals surface area contributed by atoms with Gasteiger partial charge in [0.1, 0.15) is 0 Å². The summed E-state index contributed by atoms with van der Waals surface area (Å²) >= 11 is 0. The summed E-state index contributed by atoms with van der Waals surface area (Å²) in [6.07, 6.45) is 26.5. The fraction of sp³-hybridized carbons (Fsp3) is 1.00. The molecule has 0 unspecified atom stereocenters. The third-order valence-electron chi connectivity index (χ3n) is 6.31. The zero-order valence-electron chi connectivity index (χ0n) is 23.5.